The largest absolute Gasteiger partial charge is 0.340 e. The minimum Gasteiger partial charge on any atom is -0.340 e. The number of nitrogens with one attached hydrogen (secondary N) is 1. The van der Waals surface area contributed by atoms with Crippen LogP contribution in [0.15, 0.2) is 17.0 Å². The normalized spacial score (nSPS) is 21.3. The highest BCUT2D eigenvalue weighted by atomic mass is 32.2. The zero-order valence-corrected chi connectivity index (χ0v) is 15.0. The van der Waals surface area contributed by atoms with Crippen molar-refractivity contribution < 1.29 is 22.4 Å². The molecular weight excluding hydrogens is 361 g/mol. The second-order valence-corrected chi connectivity index (χ2v) is 8.90. The zero-order chi connectivity index (χ0) is 18.5. The van der Waals surface area contributed by atoms with Gasteiger partial charge >= 0.3 is 0 Å². The van der Waals surface area contributed by atoms with Crippen LogP contribution in [0.25, 0.3) is 0 Å². The number of anilines is 1. The standard InChI is InChI=1S/C17H20FN3O4S/c18-13-10-14-12(3-4-16(22)19-14)9-15(13)26(24,25)21-7-5-20(6-8-21)17(23)11-1-2-11/h9-11H,1-8H2,(H,19,22). The quantitative estimate of drug-likeness (QED) is 0.845. The summed E-state index contributed by atoms with van der Waals surface area (Å²) in [5.41, 5.74) is 0.949. The Bertz CT molecular complexity index is 874. The number of benzene rings is 1. The fraction of sp³-hybridized carbons (Fsp3) is 0.529. The third-order valence-electron chi connectivity index (χ3n) is 5.15. The molecule has 3 aliphatic rings. The summed E-state index contributed by atoms with van der Waals surface area (Å²) in [4.78, 5) is 24.8. The summed E-state index contributed by atoms with van der Waals surface area (Å²) >= 11 is 0. The lowest BCUT2D eigenvalue weighted by Crippen LogP contribution is -2.51. The highest BCUT2D eigenvalue weighted by molar-refractivity contribution is 7.89. The second kappa shape index (κ2) is 6.31. The number of aryl methyl sites for hydroxylation is 1. The van der Waals surface area contributed by atoms with Crippen molar-refractivity contribution in [3.8, 4) is 0 Å². The van der Waals surface area contributed by atoms with E-state index >= 15 is 0 Å². The van der Waals surface area contributed by atoms with E-state index in [1.165, 1.54) is 10.4 Å². The highest BCUT2D eigenvalue weighted by Crippen LogP contribution is 2.32. The molecule has 1 N–H and O–H groups in total. The van der Waals surface area contributed by atoms with Crippen LogP contribution in [0, 0.1) is 11.7 Å². The number of halogens is 1. The molecule has 0 unspecified atom stereocenters. The Morgan fingerprint density at radius 1 is 1.12 bits per heavy atom. The summed E-state index contributed by atoms with van der Waals surface area (Å²) in [6.45, 7) is 0.983. The lowest BCUT2D eigenvalue weighted by atomic mass is 10.0. The van der Waals surface area contributed by atoms with Crippen molar-refractivity contribution in [2.45, 2.75) is 30.6 Å². The van der Waals surface area contributed by atoms with Gasteiger partial charge in [-0.25, -0.2) is 12.8 Å². The first-order valence-electron chi connectivity index (χ1n) is 8.77. The van der Waals surface area contributed by atoms with E-state index in [0.29, 0.717) is 30.8 Å². The molecule has 7 nitrogen and oxygen atoms in total. The number of hydrogen-bond donors (Lipinski definition) is 1. The van der Waals surface area contributed by atoms with Gasteiger partial charge in [-0.2, -0.15) is 4.31 Å². The molecule has 1 aromatic rings. The van der Waals surface area contributed by atoms with Gasteiger partial charge in [-0.15, -0.1) is 0 Å². The van der Waals surface area contributed by atoms with E-state index in [2.05, 4.69) is 5.32 Å². The summed E-state index contributed by atoms with van der Waals surface area (Å²) in [7, 11) is -3.99. The number of piperazine rings is 1. The molecule has 0 radical (unpaired) electrons. The molecule has 0 spiro atoms. The van der Waals surface area contributed by atoms with E-state index in [9.17, 15) is 22.4 Å². The van der Waals surface area contributed by atoms with E-state index in [1.807, 2.05) is 0 Å². The van der Waals surface area contributed by atoms with E-state index in [1.54, 1.807) is 4.90 Å². The third kappa shape index (κ3) is 3.09. The van der Waals surface area contributed by atoms with Gasteiger partial charge in [0, 0.05) is 44.2 Å². The van der Waals surface area contributed by atoms with Crippen LogP contribution in [0.5, 0.6) is 0 Å². The fourth-order valence-electron chi connectivity index (χ4n) is 3.45. The van der Waals surface area contributed by atoms with Crippen LogP contribution in [-0.2, 0) is 26.0 Å². The van der Waals surface area contributed by atoms with E-state index in [-0.39, 0.29) is 42.1 Å². The Morgan fingerprint density at radius 2 is 1.81 bits per heavy atom. The molecule has 2 amide bonds. The topological polar surface area (TPSA) is 86.8 Å². The molecule has 0 aromatic heterocycles. The smallest absolute Gasteiger partial charge is 0.246 e. The predicted molar refractivity (Wildman–Crippen MR) is 91.4 cm³/mol. The van der Waals surface area contributed by atoms with Crippen molar-refractivity contribution in [3.63, 3.8) is 0 Å². The first-order valence-corrected chi connectivity index (χ1v) is 10.2. The number of hydrogen-bond acceptors (Lipinski definition) is 4. The van der Waals surface area contributed by atoms with Gasteiger partial charge in [0.1, 0.15) is 10.7 Å². The minimum atomic E-state index is -3.99. The molecule has 1 aliphatic carbocycles. The number of nitrogens with zero attached hydrogens (tertiary/aromatic N) is 2. The number of carbonyl (C=O) groups is 2. The molecule has 4 rings (SSSR count). The molecule has 1 aromatic carbocycles. The van der Waals surface area contributed by atoms with Crippen LogP contribution in [0.1, 0.15) is 24.8 Å². The molecule has 1 saturated heterocycles. The SMILES string of the molecule is O=C1CCc2cc(S(=O)(=O)N3CCN(C(=O)C4CC4)CC3)c(F)cc2N1. The van der Waals surface area contributed by atoms with Gasteiger partial charge in [-0.05, 0) is 37.0 Å². The van der Waals surface area contributed by atoms with E-state index < -0.39 is 15.8 Å². The van der Waals surface area contributed by atoms with Crippen LogP contribution in [0.4, 0.5) is 10.1 Å². The second-order valence-electron chi connectivity index (χ2n) is 6.99. The van der Waals surface area contributed by atoms with Crippen molar-refractivity contribution in [2.75, 3.05) is 31.5 Å². The maximum atomic E-state index is 14.5. The molecule has 2 aliphatic heterocycles. The van der Waals surface area contributed by atoms with Gasteiger partial charge < -0.3 is 10.2 Å². The van der Waals surface area contributed by atoms with Crippen LogP contribution < -0.4 is 5.32 Å². The number of sulfonamides is 1. The van der Waals surface area contributed by atoms with Crippen molar-refractivity contribution >= 4 is 27.5 Å². The zero-order valence-electron chi connectivity index (χ0n) is 14.2. The number of fused-ring (bicyclic) bond motifs is 1. The van der Waals surface area contributed by atoms with Gasteiger partial charge in [-0.1, -0.05) is 0 Å². The fourth-order valence-corrected chi connectivity index (χ4v) is 4.97. The Kier molecular flexibility index (Phi) is 4.23. The lowest BCUT2D eigenvalue weighted by molar-refractivity contribution is -0.133. The Hall–Kier alpha value is -2.00. The van der Waals surface area contributed by atoms with Gasteiger partial charge in [0.25, 0.3) is 0 Å². The monoisotopic (exact) mass is 381 g/mol. The molecule has 9 heteroatoms. The molecule has 1 saturated carbocycles. The number of amides is 2. The van der Waals surface area contributed by atoms with E-state index in [0.717, 1.165) is 18.9 Å². The van der Waals surface area contributed by atoms with Gasteiger partial charge in [0.05, 0.1) is 0 Å². The highest BCUT2D eigenvalue weighted by Gasteiger charge is 2.37. The van der Waals surface area contributed by atoms with Crippen LogP contribution in [-0.4, -0.2) is 55.6 Å². The number of carbonyl (C=O) groups excluding carboxylic acids is 2. The van der Waals surface area contributed by atoms with E-state index in [4.69, 9.17) is 0 Å². The van der Waals surface area contributed by atoms with Gasteiger partial charge in [-0.3, -0.25) is 9.59 Å². The van der Waals surface area contributed by atoms with Crippen molar-refractivity contribution in [1.29, 1.82) is 0 Å². The van der Waals surface area contributed by atoms with Crippen molar-refractivity contribution in [1.82, 2.24) is 9.21 Å². The Morgan fingerprint density at radius 3 is 2.46 bits per heavy atom. The predicted octanol–water partition coefficient (Wildman–Crippen LogP) is 0.953. The number of rotatable bonds is 3. The summed E-state index contributed by atoms with van der Waals surface area (Å²) in [6.07, 6.45) is 2.45. The molecule has 140 valence electrons. The summed E-state index contributed by atoms with van der Waals surface area (Å²) in [6, 6.07) is 2.40. The molecule has 2 fully saturated rings. The molecule has 0 bridgehead atoms. The minimum absolute atomic E-state index is 0.0951. The Balaban J connectivity index is 1.54. The van der Waals surface area contributed by atoms with Crippen LogP contribution >= 0.6 is 0 Å². The first kappa shape index (κ1) is 17.4. The average Bonchev–Trinajstić information content (AvgIpc) is 3.45. The summed E-state index contributed by atoms with van der Waals surface area (Å²) in [5, 5.41) is 2.56. The van der Waals surface area contributed by atoms with Gasteiger partial charge in [0.2, 0.25) is 21.8 Å². The molecule has 26 heavy (non-hydrogen) atoms. The van der Waals surface area contributed by atoms with Crippen molar-refractivity contribution in [3.05, 3.63) is 23.5 Å². The first-order chi connectivity index (χ1) is 12.4. The molecular formula is C17H20FN3O4S. The summed E-state index contributed by atoms with van der Waals surface area (Å²) < 4.78 is 41.4. The van der Waals surface area contributed by atoms with Crippen molar-refractivity contribution in [2.24, 2.45) is 5.92 Å². The summed E-state index contributed by atoms with van der Waals surface area (Å²) in [5.74, 6) is -0.879. The Labute approximate surface area is 151 Å². The lowest BCUT2D eigenvalue weighted by Gasteiger charge is -2.34. The third-order valence-corrected chi connectivity index (χ3v) is 7.06. The average molecular weight is 381 g/mol. The molecule has 2 heterocycles. The van der Waals surface area contributed by atoms with Crippen LogP contribution in [0.3, 0.4) is 0 Å². The maximum absolute atomic E-state index is 14.5. The maximum Gasteiger partial charge on any atom is 0.246 e. The van der Waals surface area contributed by atoms with Gasteiger partial charge in [0.15, 0.2) is 0 Å². The van der Waals surface area contributed by atoms with Crippen LogP contribution in [0.2, 0.25) is 0 Å². The molecule has 0 atom stereocenters.